The molecule has 0 amide bonds. The number of Topliss-reactive ketones (excluding diaryl/α,β-unsaturated/α-hetero) is 1. The molecule has 0 radical (unpaired) electrons. The van der Waals surface area contributed by atoms with Gasteiger partial charge in [-0.05, 0) is 44.0 Å². The Bertz CT molecular complexity index is 582. The van der Waals surface area contributed by atoms with Crippen molar-refractivity contribution in [1.82, 2.24) is 4.90 Å². The second kappa shape index (κ2) is 8.99. The molecule has 138 valence electrons. The highest BCUT2D eigenvalue weighted by Gasteiger charge is 2.18. The summed E-state index contributed by atoms with van der Waals surface area (Å²) in [6.07, 6.45) is 3.11. The summed E-state index contributed by atoms with van der Waals surface area (Å²) in [6, 6.07) is 6.00. The fourth-order valence-corrected chi connectivity index (χ4v) is 3.47. The van der Waals surface area contributed by atoms with Crippen LogP contribution in [0, 0.1) is 0 Å². The third-order valence-electron chi connectivity index (χ3n) is 4.86. The second-order valence-corrected chi connectivity index (χ2v) is 7.30. The Balaban J connectivity index is 1.51. The molecule has 25 heavy (non-hydrogen) atoms. The fourth-order valence-electron chi connectivity index (χ4n) is 3.23. The van der Waals surface area contributed by atoms with Crippen molar-refractivity contribution < 1.29 is 14.3 Å². The number of anilines is 1. The zero-order chi connectivity index (χ0) is 17.6. The molecule has 0 saturated carbocycles. The minimum atomic E-state index is -0.229. The van der Waals surface area contributed by atoms with Crippen molar-refractivity contribution in [3.05, 3.63) is 28.8 Å². The zero-order valence-electron chi connectivity index (χ0n) is 14.9. The van der Waals surface area contributed by atoms with Gasteiger partial charge in [-0.15, -0.1) is 0 Å². The smallest absolute Gasteiger partial charge is 0.162 e. The number of hydrogen-bond donors (Lipinski definition) is 0. The number of benzene rings is 1. The van der Waals surface area contributed by atoms with Crippen LogP contribution in [-0.2, 0) is 20.7 Å². The molecule has 0 bridgehead atoms. The van der Waals surface area contributed by atoms with Crippen molar-refractivity contribution >= 4 is 23.1 Å². The molecule has 3 rings (SSSR count). The maximum absolute atomic E-state index is 12.2. The number of ether oxygens (including phenoxy) is 2. The quantitative estimate of drug-likeness (QED) is 0.774. The van der Waals surface area contributed by atoms with E-state index in [0.29, 0.717) is 11.4 Å². The van der Waals surface area contributed by atoms with Crippen LogP contribution in [0.1, 0.15) is 24.8 Å². The van der Waals surface area contributed by atoms with E-state index in [-0.39, 0.29) is 18.7 Å². The van der Waals surface area contributed by atoms with Crippen LogP contribution in [0.3, 0.4) is 0 Å². The summed E-state index contributed by atoms with van der Waals surface area (Å²) in [5, 5.41) is 0.652. The number of nitrogens with zero attached hydrogens (tertiary/aromatic N) is 2. The molecule has 0 spiro atoms. The molecular formula is C19H27ClN2O3. The van der Waals surface area contributed by atoms with Crippen molar-refractivity contribution in [3.8, 4) is 0 Å². The molecule has 0 aliphatic carbocycles. The summed E-state index contributed by atoms with van der Waals surface area (Å²) >= 11 is 6.42. The predicted octanol–water partition coefficient (Wildman–Crippen LogP) is 2.75. The number of hydrogen-bond acceptors (Lipinski definition) is 5. The SMILES string of the molecule is CN1CCN(c2ccc(CC(=O)COC3CCCCO3)c(Cl)c2)CC1. The highest BCUT2D eigenvalue weighted by molar-refractivity contribution is 6.31. The summed E-state index contributed by atoms with van der Waals surface area (Å²) in [5.41, 5.74) is 1.99. The largest absolute Gasteiger partial charge is 0.369 e. The zero-order valence-corrected chi connectivity index (χ0v) is 15.6. The number of likely N-dealkylation sites (N-methyl/N-ethyl adjacent to an activating group) is 1. The van der Waals surface area contributed by atoms with Crippen molar-refractivity contribution in [1.29, 1.82) is 0 Å². The van der Waals surface area contributed by atoms with Crippen molar-refractivity contribution in [2.45, 2.75) is 32.0 Å². The average Bonchev–Trinajstić information content (AvgIpc) is 2.63. The molecule has 1 atom stereocenters. The highest BCUT2D eigenvalue weighted by atomic mass is 35.5. The molecule has 2 heterocycles. The maximum Gasteiger partial charge on any atom is 0.162 e. The van der Waals surface area contributed by atoms with Gasteiger partial charge in [0.15, 0.2) is 12.1 Å². The Morgan fingerprint density at radius 3 is 2.76 bits per heavy atom. The summed E-state index contributed by atoms with van der Waals surface area (Å²) < 4.78 is 11.0. The van der Waals surface area contributed by atoms with Gasteiger partial charge in [0, 0.05) is 49.9 Å². The Hall–Kier alpha value is -1.14. The number of carbonyl (C=O) groups excluding carboxylic acids is 1. The van der Waals surface area contributed by atoms with E-state index in [0.717, 1.165) is 63.3 Å². The molecule has 6 heteroatoms. The normalized spacial score (nSPS) is 22.2. The van der Waals surface area contributed by atoms with Gasteiger partial charge in [-0.25, -0.2) is 0 Å². The fraction of sp³-hybridized carbons (Fsp3) is 0.632. The average molecular weight is 367 g/mol. The molecular weight excluding hydrogens is 340 g/mol. The first-order valence-electron chi connectivity index (χ1n) is 9.08. The Kier molecular flexibility index (Phi) is 6.70. The van der Waals surface area contributed by atoms with Crippen LogP contribution in [0.25, 0.3) is 0 Å². The van der Waals surface area contributed by atoms with E-state index in [1.807, 2.05) is 12.1 Å². The highest BCUT2D eigenvalue weighted by Crippen LogP contribution is 2.25. The molecule has 2 aliphatic heterocycles. The summed E-state index contributed by atoms with van der Waals surface area (Å²) in [7, 11) is 2.14. The van der Waals surface area contributed by atoms with Gasteiger partial charge in [-0.1, -0.05) is 17.7 Å². The van der Waals surface area contributed by atoms with Gasteiger partial charge < -0.3 is 19.3 Å². The van der Waals surface area contributed by atoms with E-state index in [1.165, 1.54) is 0 Å². The molecule has 2 saturated heterocycles. The van der Waals surface area contributed by atoms with E-state index < -0.39 is 0 Å². The molecule has 2 aliphatic rings. The predicted molar refractivity (Wildman–Crippen MR) is 99.4 cm³/mol. The van der Waals surface area contributed by atoms with Gasteiger partial charge in [0.2, 0.25) is 0 Å². The molecule has 5 nitrogen and oxygen atoms in total. The van der Waals surface area contributed by atoms with Gasteiger partial charge >= 0.3 is 0 Å². The van der Waals surface area contributed by atoms with E-state index in [4.69, 9.17) is 21.1 Å². The van der Waals surface area contributed by atoms with E-state index >= 15 is 0 Å². The summed E-state index contributed by atoms with van der Waals surface area (Å²) in [5.74, 6) is 0.0309. The molecule has 0 aromatic heterocycles. The van der Waals surface area contributed by atoms with Gasteiger partial charge in [-0.2, -0.15) is 0 Å². The van der Waals surface area contributed by atoms with Crippen LogP contribution in [0.5, 0.6) is 0 Å². The van der Waals surface area contributed by atoms with Gasteiger partial charge in [0.05, 0.1) is 0 Å². The van der Waals surface area contributed by atoms with Crippen LogP contribution in [0.4, 0.5) is 5.69 Å². The maximum atomic E-state index is 12.2. The first-order valence-corrected chi connectivity index (χ1v) is 9.46. The third-order valence-corrected chi connectivity index (χ3v) is 5.21. The first kappa shape index (κ1) is 18.6. The van der Waals surface area contributed by atoms with Crippen molar-refractivity contribution in [2.24, 2.45) is 0 Å². The van der Waals surface area contributed by atoms with Crippen LogP contribution >= 0.6 is 11.6 Å². The lowest BCUT2D eigenvalue weighted by atomic mass is 10.1. The van der Waals surface area contributed by atoms with E-state index in [2.05, 4.69) is 22.9 Å². The minimum absolute atomic E-state index is 0.0309. The molecule has 1 aromatic carbocycles. The lowest BCUT2D eigenvalue weighted by Crippen LogP contribution is -2.44. The number of piperazine rings is 1. The lowest BCUT2D eigenvalue weighted by molar-refractivity contribution is -0.168. The third kappa shape index (κ3) is 5.42. The van der Waals surface area contributed by atoms with Crippen LogP contribution in [-0.4, -0.2) is 63.4 Å². The first-order chi connectivity index (χ1) is 12.1. The monoisotopic (exact) mass is 366 g/mol. The lowest BCUT2D eigenvalue weighted by Gasteiger charge is -2.34. The standard InChI is InChI=1S/C19H27ClN2O3/c1-21-7-9-22(10-8-21)16-6-5-15(18(20)13-16)12-17(23)14-25-19-4-2-3-11-24-19/h5-6,13,19H,2-4,7-12,14H2,1H3. The van der Waals surface area contributed by atoms with Crippen LogP contribution in [0.2, 0.25) is 5.02 Å². The number of ketones is 1. The van der Waals surface area contributed by atoms with Crippen molar-refractivity contribution in [3.63, 3.8) is 0 Å². The topological polar surface area (TPSA) is 42.0 Å². The summed E-state index contributed by atoms with van der Waals surface area (Å²) in [4.78, 5) is 16.8. The van der Waals surface area contributed by atoms with E-state index in [1.54, 1.807) is 0 Å². The Morgan fingerprint density at radius 2 is 2.08 bits per heavy atom. The van der Waals surface area contributed by atoms with Crippen LogP contribution in [0.15, 0.2) is 18.2 Å². The molecule has 2 fully saturated rings. The van der Waals surface area contributed by atoms with Crippen molar-refractivity contribution in [2.75, 3.05) is 51.3 Å². The van der Waals surface area contributed by atoms with Crippen LogP contribution < -0.4 is 4.90 Å². The Morgan fingerprint density at radius 1 is 1.28 bits per heavy atom. The van der Waals surface area contributed by atoms with Gasteiger partial charge in [0.1, 0.15) is 6.61 Å². The molecule has 0 N–H and O–H groups in total. The number of rotatable bonds is 6. The second-order valence-electron chi connectivity index (χ2n) is 6.89. The summed E-state index contributed by atoms with van der Waals surface area (Å²) in [6.45, 7) is 4.91. The Labute approximate surface area is 154 Å². The number of carbonyl (C=O) groups is 1. The van der Waals surface area contributed by atoms with E-state index in [9.17, 15) is 4.79 Å². The number of halogens is 1. The van der Waals surface area contributed by atoms with Gasteiger partial charge in [0.25, 0.3) is 0 Å². The van der Waals surface area contributed by atoms with Gasteiger partial charge in [-0.3, -0.25) is 4.79 Å². The molecule has 1 aromatic rings. The minimum Gasteiger partial charge on any atom is -0.369 e. The molecule has 1 unspecified atom stereocenters.